The van der Waals surface area contributed by atoms with Crippen molar-refractivity contribution in [3.63, 3.8) is 0 Å². The first-order chi connectivity index (χ1) is 8.82. The molecular weight excluding hydrogens is 703 g/mol. The highest BCUT2D eigenvalue weighted by Gasteiger charge is 2.18. The molecule has 0 radical (unpaired) electrons. The molecule has 0 aromatic heterocycles. The van der Waals surface area contributed by atoms with Crippen LogP contribution >= 0.6 is 112 Å². The molecule has 0 fully saturated rings. The molecule has 0 unspecified atom stereocenters. The smallest absolute Gasteiger partial charge is 0.0466 e. The van der Waals surface area contributed by atoms with Gasteiger partial charge >= 0.3 is 0 Å². The molecule has 0 atom stereocenters. The average molecular weight is 706 g/mol. The van der Waals surface area contributed by atoms with Crippen molar-refractivity contribution in [3.05, 3.63) is 49.5 Å². The first-order valence-electron chi connectivity index (χ1n) is 4.80. The molecule has 100 valence electrons. The molecule has 0 nitrogen and oxygen atoms in total. The minimum absolute atomic E-state index is 0.980. The van der Waals surface area contributed by atoms with E-state index < -0.39 is 0 Å². The van der Waals surface area contributed by atoms with E-state index in [9.17, 15) is 0 Å². The molecule has 2 rings (SSSR count). The molecule has 0 spiro atoms. The third kappa shape index (κ3) is 3.59. The highest BCUT2D eigenvalue weighted by Crippen LogP contribution is 2.47. The van der Waals surface area contributed by atoms with Crippen LogP contribution < -0.4 is 0 Å². The monoisotopic (exact) mass is 699 g/mol. The molecule has 0 aliphatic carbocycles. The fourth-order valence-corrected chi connectivity index (χ4v) is 6.06. The number of hydrogen-bond acceptors (Lipinski definition) is 0. The summed E-state index contributed by atoms with van der Waals surface area (Å²) in [6, 6.07) is 6.09. The number of benzene rings is 2. The minimum atomic E-state index is 0.980. The van der Waals surface area contributed by atoms with Gasteiger partial charge in [-0.25, -0.2) is 0 Å². The third-order valence-corrected chi connectivity index (χ3v) is 8.78. The van der Waals surface area contributed by atoms with E-state index in [1.807, 2.05) is 12.1 Å². The first-order valence-corrected chi connectivity index (χ1v) is 10.4. The van der Waals surface area contributed by atoms with Crippen molar-refractivity contribution in [2.75, 3.05) is 0 Å². The zero-order valence-electron chi connectivity index (χ0n) is 8.88. The Balaban J connectivity index is 2.83. The Labute approximate surface area is 170 Å². The van der Waals surface area contributed by atoms with Crippen molar-refractivity contribution in [2.24, 2.45) is 0 Å². The van der Waals surface area contributed by atoms with Gasteiger partial charge in [-0.2, -0.15) is 0 Å². The fraction of sp³-hybridized carbons (Fsp3) is 0. The van der Waals surface area contributed by atoms with Gasteiger partial charge in [0.05, 0.1) is 0 Å². The molecule has 0 amide bonds. The van der Waals surface area contributed by atoms with Crippen molar-refractivity contribution in [1.82, 2.24) is 0 Å². The molecule has 2 aromatic rings. The van der Waals surface area contributed by atoms with Gasteiger partial charge in [0.2, 0.25) is 0 Å². The second kappa shape index (κ2) is 6.92. The molecule has 2 aromatic carbocycles. The highest BCUT2D eigenvalue weighted by molar-refractivity contribution is 9.14. The van der Waals surface area contributed by atoms with Gasteiger partial charge in [-0.15, -0.1) is 0 Å². The van der Waals surface area contributed by atoms with Crippen LogP contribution in [0.4, 0.5) is 0 Å². The summed E-state index contributed by atoms with van der Waals surface area (Å²) < 4.78 is 6.96. The molecule has 0 heterocycles. The molecule has 0 aliphatic rings. The fourth-order valence-electron chi connectivity index (χ4n) is 1.55. The quantitative estimate of drug-likeness (QED) is 0.206. The summed E-state index contributed by atoms with van der Waals surface area (Å²) in [6.45, 7) is 0. The highest BCUT2D eigenvalue weighted by atomic mass is 79.9. The van der Waals surface area contributed by atoms with Gasteiger partial charge in [0.15, 0.2) is 0 Å². The van der Waals surface area contributed by atoms with Crippen molar-refractivity contribution >= 4 is 112 Å². The second-order valence-electron chi connectivity index (χ2n) is 3.59. The molecule has 0 bridgehead atoms. The Morgan fingerprint density at radius 3 is 1.74 bits per heavy atom. The maximum Gasteiger partial charge on any atom is 0.0466 e. The van der Waals surface area contributed by atoms with Crippen molar-refractivity contribution < 1.29 is 0 Å². The predicted octanol–water partition coefficient (Wildman–Crippen LogP) is 8.69. The zero-order valence-corrected chi connectivity index (χ0v) is 20.0. The van der Waals surface area contributed by atoms with Crippen LogP contribution in [0.5, 0.6) is 0 Å². The summed E-state index contributed by atoms with van der Waals surface area (Å²) in [5.74, 6) is 0. The van der Waals surface area contributed by atoms with Crippen LogP contribution in [0.1, 0.15) is 0 Å². The van der Waals surface area contributed by atoms with Crippen molar-refractivity contribution in [2.45, 2.75) is 0 Å². The molecule has 0 aliphatic heterocycles. The minimum Gasteiger partial charge on any atom is -0.0508 e. The van der Waals surface area contributed by atoms with Gasteiger partial charge in [0.1, 0.15) is 0 Å². The summed E-state index contributed by atoms with van der Waals surface area (Å²) in [5, 5.41) is 0. The van der Waals surface area contributed by atoms with Crippen LogP contribution in [0.25, 0.3) is 11.1 Å². The molecule has 7 heteroatoms. The predicted molar refractivity (Wildman–Crippen MR) is 106 cm³/mol. The summed E-state index contributed by atoms with van der Waals surface area (Å²) >= 11 is 25.0. The second-order valence-corrected chi connectivity index (χ2v) is 9.45. The van der Waals surface area contributed by atoms with Crippen LogP contribution in [0, 0.1) is 0 Å². The molecular formula is C12H3Br7. The zero-order chi connectivity index (χ0) is 14.3. The Hall–Kier alpha value is 1.80. The lowest BCUT2D eigenvalue weighted by Crippen LogP contribution is -1.88. The topological polar surface area (TPSA) is 0 Å². The van der Waals surface area contributed by atoms with Gasteiger partial charge in [-0.1, -0.05) is 31.9 Å². The first kappa shape index (κ1) is 17.2. The Bertz CT molecular complexity index is 664. The van der Waals surface area contributed by atoms with Crippen LogP contribution in [0.15, 0.2) is 49.5 Å². The number of halogens is 7. The van der Waals surface area contributed by atoms with Crippen LogP contribution in [0.2, 0.25) is 0 Å². The van der Waals surface area contributed by atoms with Crippen LogP contribution in [-0.2, 0) is 0 Å². The molecule has 0 N–H and O–H groups in total. The molecule has 0 saturated heterocycles. The van der Waals surface area contributed by atoms with E-state index in [1.165, 1.54) is 0 Å². The lowest BCUT2D eigenvalue weighted by Gasteiger charge is -2.14. The Morgan fingerprint density at radius 2 is 1.11 bits per heavy atom. The van der Waals surface area contributed by atoms with Gasteiger partial charge in [-0.05, 0) is 97.8 Å². The van der Waals surface area contributed by atoms with Crippen LogP contribution in [-0.4, -0.2) is 0 Å². The average Bonchev–Trinajstić information content (AvgIpc) is 2.32. The van der Waals surface area contributed by atoms with E-state index in [-0.39, 0.29) is 0 Å². The van der Waals surface area contributed by atoms with E-state index in [2.05, 4.69) is 118 Å². The van der Waals surface area contributed by atoms with Crippen molar-refractivity contribution in [1.29, 1.82) is 0 Å². The van der Waals surface area contributed by atoms with E-state index in [0.717, 1.165) is 42.4 Å². The SMILES string of the molecule is Brc1cc(Br)c(Br)c(-c2c(Br)cc(Br)c(Br)c2Br)c1. The Kier molecular flexibility index (Phi) is 6.25. The molecule has 0 saturated carbocycles. The molecule has 19 heavy (non-hydrogen) atoms. The summed E-state index contributed by atoms with van der Waals surface area (Å²) in [6.07, 6.45) is 0. The van der Waals surface area contributed by atoms with E-state index >= 15 is 0 Å². The van der Waals surface area contributed by atoms with Gasteiger partial charge in [0.25, 0.3) is 0 Å². The Morgan fingerprint density at radius 1 is 0.526 bits per heavy atom. The normalized spacial score (nSPS) is 10.9. The van der Waals surface area contributed by atoms with Gasteiger partial charge < -0.3 is 0 Å². The van der Waals surface area contributed by atoms with Crippen molar-refractivity contribution in [3.8, 4) is 11.1 Å². The summed E-state index contributed by atoms with van der Waals surface area (Å²) in [4.78, 5) is 0. The summed E-state index contributed by atoms with van der Waals surface area (Å²) in [5.41, 5.74) is 2.15. The maximum atomic E-state index is 3.64. The van der Waals surface area contributed by atoms with Crippen LogP contribution in [0.3, 0.4) is 0 Å². The summed E-state index contributed by atoms with van der Waals surface area (Å²) in [7, 11) is 0. The largest absolute Gasteiger partial charge is 0.0508 e. The van der Waals surface area contributed by atoms with Gasteiger partial charge in [-0.3, -0.25) is 0 Å². The van der Waals surface area contributed by atoms with Gasteiger partial charge in [0, 0.05) is 42.4 Å². The lowest BCUT2D eigenvalue weighted by atomic mass is 10.1. The lowest BCUT2D eigenvalue weighted by molar-refractivity contribution is 1.45. The number of rotatable bonds is 1. The standard InChI is InChI=1S/C12H3Br7/c13-4-1-5(10(17)7(15)2-4)9-6(14)3-8(16)11(18)12(9)19/h1-3H. The maximum absolute atomic E-state index is 3.64. The van der Waals surface area contributed by atoms with E-state index in [4.69, 9.17) is 0 Å². The van der Waals surface area contributed by atoms with E-state index in [0.29, 0.717) is 0 Å². The number of hydrogen-bond donors (Lipinski definition) is 0. The van der Waals surface area contributed by atoms with E-state index in [1.54, 1.807) is 0 Å². The third-order valence-electron chi connectivity index (χ3n) is 2.38.